The highest BCUT2D eigenvalue weighted by Gasteiger charge is 2.00. The number of hydrogen-bond donors (Lipinski definition) is 1. The van der Waals surface area contributed by atoms with Gasteiger partial charge in [0.05, 0.1) is 5.69 Å². The molecule has 0 spiro atoms. The van der Waals surface area contributed by atoms with Gasteiger partial charge in [-0.2, -0.15) is 0 Å². The molecule has 0 atom stereocenters. The van der Waals surface area contributed by atoms with Gasteiger partial charge in [-0.25, -0.2) is 9.97 Å². The minimum atomic E-state index is 0.495. The van der Waals surface area contributed by atoms with Crippen LogP contribution < -0.4 is 5.32 Å². The highest BCUT2D eigenvalue weighted by Crippen LogP contribution is 1.98. The maximum absolute atomic E-state index is 5.27. The third-order valence-corrected chi connectivity index (χ3v) is 2.06. The van der Waals surface area contributed by atoms with E-state index in [0.717, 1.165) is 24.6 Å². The van der Waals surface area contributed by atoms with Gasteiger partial charge in [0, 0.05) is 19.3 Å². The summed E-state index contributed by atoms with van der Waals surface area (Å²) in [5.74, 6) is 1.41. The smallest absolute Gasteiger partial charge is 0.154 e. The van der Waals surface area contributed by atoms with E-state index in [1.807, 2.05) is 13.0 Å². The molecule has 1 aromatic rings. The molecule has 1 heterocycles. The minimum absolute atomic E-state index is 0.495. The van der Waals surface area contributed by atoms with Gasteiger partial charge in [-0.15, -0.1) is 0 Å². The predicted octanol–water partition coefficient (Wildman–Crippen LogP) is 1.76. The number of rotatable bonds is 7. The second-order valence-corrected chi connectivity index (χ2v) is 4.13. The lowest BCUT2D eigenvalue weighted by molar-refractivity contribution is 0.128. The summed E-state index contributed by atoms with van der Waals surface area (Å²) < 4.78 is 5.27. The molecule has 0 bridgehead atoms. The molecule has 4 heteroatoms. The third-order valence-electron chi connectivity index (χ3n) is 2.06. The average molecular weight is 223 g/mol. The maximum atomic E-state index is 5.27. The van der Waals surface area contributed by atoms with Gasteiger partial charge in [-0.3, -0.25) is 0 Å². The van der Waals surface area contributed by atoms with E-state index in [4.69, 9.17) is 4.74 Å². The molecule has 4 nitrogen and oxygen atoms in total. The van der Waals surface area contributed by atoms with Crippen LogP contribution in [0, 0.1) is 5.92 Å². The van der Waals surface area contributed by atoms with Gasteiger partial charge in [0.15, 0.2) is 5.82 Å². The van der Waals surface area contributed by atoms with Gasteiger partial charge in [0.2, 0.25) is 0 Å². The normalized spacial score (nSPS) is 11.0. The van der Waals surface area contributed by atoms with Gasteiger partial charge in [-0.1, -0.05) is 13.8 Å². The van der Waals surface area contributed by atoms with Crippen molar-refractivity contribution in [1.29, 1.82) is 0 Å². The summed E-state index contributed by atoms with van der Waals surface area (Å²) in [4.78, 5) is 8.56. The Morgan fingerprint density at radius 1 is 1.44 bits per heavy atom. The first-order chi connectivity index (χ1) is 7.72. The molecule has 0 unspecified atom stereocenters. The van der Waals surface area contributed by atoms with Gasteiger partial charge in [-0.05, 0) is 25.5 Å². The zero-order valence-corrected chi connectivity index (χ0v) is 10.4. The van der Waals surface area contributed by atoms with Gasteiger partial charge in [0.1, 0.15) is 6.61 Å². The molecule has 1 N–H and O–H groups in total. The fourth-order valence-electron chi connectivity index (χ4n) is 1.29. The summed E-state index contributed by atoms with van der Waals surface area (Å²) in [5, 5.41) is 3.35. The Hall–Kier alpha value is -1.00. The Morgan fingerprint density at radius 3 is 2.94 bits per heavy atom. The largest absolute Gasteiger partial charge is 0.374 e. The average Bonchev–Trinajstić information content (AvgIpc) is 2.26. The van der Waals surface area contributed by atoms with Crippen LogP contribution in [0.2, 0.25) is 0 Å². The topological polar surface area (TPSA) is 47.0 Å². The first-order valence-electron chi connectivity index (χ1n) is 5.81. The molecular weight excluding hydrogens is 202 g/mol. The highest BCUT2D eigenvalue weighted by atomic mass is 16.5. The zero-order valence-electron chi connectivity index (χ0n) is 10.4. The van der Waals surface area contributed by atoms with E-state index in [0.29, 0.717) is 19.1 Å². The van der Waals surface area contributed by atoms with Gasteiger partial charge < -0.3 is 10.1 Å². The molecule has 1 rings (SSSR count). The Bertz CT molecular complexity index is 302. The first kappa shape index (κ1) is 13.1. The molecule has 16 heavy (non-hydrogen) atoms. The van der Waals surface area contributed by atoms with Crippen molar-refractivity contribution in [2.24, 2.45) is 5.92 Å². The number of ether oxygens (including phenoxy) is 1. The lowest BCUT2D eigenvalue weighted by Crippen LogP contribution is -2.20. The maximum Gasteiger partial charge on any atom is 0.154 e. The van der Waals surface area contributed by atoms with Crippen LogP contribution >= 0.6 is 0 Å². The lowest BCUT2D eigenvalue weighted by Gasteiger charge is -2.07. The number of aromatic nitrogens is 2. The van der Waals surface area contributed by atoms with E-state index in [1.165, 1.54) is 0 Å². The van der Waals surface area contributed by atoms with Gasteiger partial charge >= 0.3 is 0 Å². The number of hydrogen-bond acceptors (Lipinski definition) is 4. The van der Waals surface area contributed by atoms with Crippen LogP contribution in [0.1, 0.15) is 32.3 Å². The summed E-state index contributed by atoms with van der Waals surface area (Å²) in [6.45, 7) is 9.33. The van der Waals surface area contributed by atoms with E-state index in [-0.39, 0.29) is 0 Å². The SMILES string of the molecule is CCOCc1nccc(CNCC(C)C)n1. The number of nitrogens with one attached hydrogen (secondary N) is 1. The first-order valence-corrected chi connectivity index (χ1v) is 5.81. The van der Waals surface area contributed by atoms with E-state index in [1.54, 1.807) is 6.20 Å². The zero-order chi connectivity index (χ0) is 11.8. The monoisotopic (exact) mass is 223 g/mol. The van der Waals surface area contributed by atoms with Gasteiger partial charge in [0.25, 0.3) is 0 Å². The molecule has 0 radical (unpaired) electrons. The van der Waals surface area contributed by atoms with Crippen molar-refractivity contribution in [3.05, 3.63) is 23.8 Å². The molecule has 0 fully saturated rings. The van der Waals surface area contributed by atoms with E-state index in [9.17, 15) is 0 Å². The molecule has 0 saturated heterocycles. The molecule has 0 aromatic carbocycles. The summed E-state index contributed by atoms with van der Waals surface area (Å²) >= 11 is 0. The standard InChI is InChI=1S/C12H21N3O/c1-4-16-9-12-14-6-5-11(15-12)8-13-7-10(2)3/h5-6,10,13H,4,7-9H2,1-3H3. The van der Waals surface area contributed by atoms with Crippen molar-refractivity contribution in [2.75, 3.05) is 13.2 Å². The molecule has 0 amide bonds. The van der Waals surface area contributed by atoms with Crippen LogP contribution in [0.25, 0.3) is 0 Å². The predicted molar refractivity (Wildman–Crippen MR) is 63.9 cm³/mol. The van der Waals surface area contributed by atoms with Crippen LogP contribution in [-0.2, 0) is 17.9 Å². The quantitative estimate of drug-likeness (QED) is 0.765. The molecule has 0 aliphatic heterocycles. The van der Waals surface area contributed by atoms with Crippen molar-refractivity contribution in [2.45, 2.75) is 33.9 Å². The number of nitrogens with zero attached hydrogens (tertiary/aromatic N) is 2. The van der Waals surface area contributed by atoms with Crippen molar-refractivity contribution in [3.63, 3.8) is 0 Å². The Labute approximate surface area is 97.5 Å². The summed E-state index contributed by atoms with van der Waals surface area (Å²) in [6.07, 6.45) is 1.79. The fourth-order valence-corrected chi connectivity index (χ4v) is 1.29. The van der Waals surface area contributed by atoms with Crippen molar-refractivity contribution in [1.82, 2.24) is 15.3 Å². The molecule has 0 saturated carbocycles. The fraction of sp³-hybridized carbons (Fsp3) is 0.667. The Balaban J connectivity index is 2.40. The van der Waals surface area contributed by atoms with Crippen LogP contribution in [0.5, 0.6) is 0 Å². The molecule has 0 aliphatic carbocycles. The third kappa shape index (κ3) is 5.19. The molecule has 90 valence electrons. The summed E-state index contributed by atoms with van der Waals surface area (Å²) in [5.41, 5.74) is 1.02. The van der Waals surface area contributed by atoms with Crippen molar-refractivity contribution < 1.29 is 4.74 Å². The summed E-state index contributed by atoms with van der Waals surface area (Å²) in [7, 11) is 0. The Morgan fingerprint density at radius 2 is 2.25 bits per heavy atom. The molecule has 1 aromatic heterocycles. The lowest BCUT2D eigenvalue weighted by atomic mass is 10.2. The van der Waals surface area contributed by atoms with Crippen LogP contribution in [0.15, 0.2) is 12.3 Å². The molecule has 0 aliphatic rings. The van der Waals surface area contributed by atoms with E-state index < -0.39 is 0 Å². The van der Waals surface area contributed by atoms with Crippen LogP contribution in [0.4, 0.5) is 0 Å². The Kier molecular flexibility index (Phi) is 5.96. The highest BCUT2D eigenvalue weighted by molar-refractivity contribution is 5.01. The van der Waals surface area contributed by atoms with E-state index in [2.05, 4.69) is 29.1 Å². The van der Waals surface area contributed by atoms with Crippen LogP contribution in [-0.4, -0.2) is 23.1 Å². The minimum Gasteiger partial charge on any atom is -0.374 e. The molecular formula is C12H21N3O. The second-order valence-electron chi connectivity index (χ2n) is 4.13. The summed E-state index contributed by atoms with van der Waals surface area (Å²) in [6, 6.07) is 1.93. The van der Waals surface area contributed by atoms with Crippen molar-refractivity contribution >= 4 is 0 Å². The van der Waals surface area contributed by atoms with E-state index >= 15 is 0 Å². The van der Waals surface area contributed by atoms with Crippen LogP contribution in [0.3, 0.4) is 0 Å². The second kappa shape index (κ2) is 7.30. The van der Waals surface area contributed by atoms with Crippen molar-refractivity contribution in [3.8, 4) is 0 Å².